The van der Waals surface area contributed by atoms with E-state index < -0.39 is 10.1 Å². The van der Waals surface area contributed by atoms with Gasteiger partial charge in [-0.05, 0) is 61.4 Å². The van der Waals surface area contributed by atoms with E-state index in [9.17, 15) is 13.2 Å². The summed E-state index contributed by atoms with van der Waals surface area (Å²) in [5.74, 6) is -0.123. The van der Waals surface area contributed by atoms with Crippen LogP contribution in [0.4, 0.5) is 0 Å². The fourth-order valence-electron chi connectivity index (χ4n) is 1.61. The van der Waals surface area contributed by atoms with Crippen LogP contribution in [0, 0.1) is 0 Å². The van der Waals surface area contributed by atoms with E-state index in [4.69, 9.17) is 4.28 Å². The van der Waals surface area contributed by atoms with Crippen LogP contribution in [0.25, 0.3) is 0 Å². The van der Waals surface area contributed by atoms with Crippen LogP contribution in [0.2, 0.25) is 0 Å². The molecule has 0 aliphatic heterocycles. The van der Waals surface area contributed by atoms with E-state index in [1.807, 2.05) is 0 Å². The van der Waals surface area contributed by atoms with E-state index >= 15 is 0 Å². The standard InChI is InChI=1S/C14H12BrNO4S/c1-9-8-14(17)10(2)7-13(9)16-20-21(18,19)12-5-3-11(15)4-6-12/h3-8H,1-2H3/b16-13-. The minimum atomic E-state index is -3.98. The fourth-order valence-corrected chi connectivity index (χ4v) is 2.60. The lowest BCUT2D eigenvalue weighted by molar-refractivity contribution is -0.111. The third kappa shape index (κ3) is 3.68. The van der Waals surface area contributed by atoms with E-state index in [-0.39, 0.29) is 10.7 Å². The van der Waals surface area contributed by atoms with Crippen LogP contribution < -0.4 is 0 Å². The van der Waals surface area contributed by atoms with Crippen LogP contribution in [0.15, 0.2) is 62.1 Å². The van der Waals surface area contributed by atoms with Gasteiger partial charge in [-0.3, -0.25) is 9.08 Å². The number of allylic oxidation sites excluding steroid dienone is 4. The van der Waals surface area contributed by atoms with Crippen molar-refractivity contribution in [1.29, 1.82) is 0 Å². The predicted octanol–water partition coefficient (Wildman–Crippen LogP) is 2.99. The maximum atomic E-state index is 12.0. The van der Waals surface area contributed by atoms with Crippen LogP contribution >= 0.6 is 15.9 Å². The number of oxime groups is 1. The highest BCUT2D eigenvalue weighted by Crippen LogP contribution is 2.18. The Balaban J connectivity index is 2.26. The normalized spacial score (nSPS) is 17.5. The molecule has 0 atom stereocenters. The summed E-state index contributed by atoms with van der Waals surface area (Å²) in [6, 6.07) is 6.01. The Hall–Kier alpha value is -1.73. The zero-order chi connectivity index (χ0) is 15.6. The second kappa shape index (κ2) is 5.95. The van der Waals surface area contributed by atoms with Gasteiger partial charge in [-0.1, -0.05) is 21.1 Å². The van der Waals surface area contributed by atoms with Gasteiger partial charge in [0.25, 0.3) is 0 Å². The van der Waals surface area contributed by atoms with Crippen molar-refractivity contribution in [2.24, 2.45) is 5.16 Å². The van der Waals surface area contributed by atoms with Crippen LogP contribution in [-0.2, 0) is 19.2 Å². The summed E-state index contributed by atoms with van der Waals surface area (Å²) in [4.78, 5) is 11.4. The summed E-state index contributed by atoms with van der Waals surface area (Å²) in [6.07, 6.45) is 2.89. The van der Waals surface area contributed by atoms with Crippen molar-refractivity contribution < 1.29 is 17.5 Å². The Labute approximate surface area is 131 Å². The Bertz CT molecular complexity index is 774. The molecule has 1 aromatic rings. The number of carbonyl (C=O) groups excluding carboxylic acids is 1. The summed E-state index contributed by atoms with van der Waals surface area (Å²) in [6.45, 7) is 3.29. The van der Waals surface area contributed by atoms with Gasteiger partial charge in [-0.15, -0.1) is 0 Å². The molecule has 0 spiro atoms. The summed E-state index contributed by atoms with van der Waals surface area (Å²) >= 11 is 3.22. The van der Waals surface area contributed by atoms with Gasteiger partial charge >= 0.3 is 10.1 Å². The molecule has 0 fully saturated rings. The zero-order valence-corrected chi connectivity index (χ0v) is 13.7. The largest absolute Gasteiger partial charge is 0.358 e. The van der Waals surface area contributed by atoms with Gasteiger partial charge in [-0.2, -0.15) is 8.42 Å². The van der Waals surface area contributed by atoms with Gasteiger partial charge in [0.05, 0.1) is 0 Å². The molecule has 1 aromatic carbocycles. The molecule has 5 nitrogen and oxygen atoms in total. The molecular formula is C14H12BrNO4S. The number of nitrogens with zero attached hydrogens (tertiary/aromatic N) is 1. The molecule has 7 heteroatoms. The average Bonchev–Trinajstić information content (AvgIpc) is 2.42. The summed E-state index contributed by atoms with van der Waals surface area (Å²) < 4.78 is 29.4. The van der Waals surface area contributed by atoms with E-state index in [1.54, 1.807) is 26.0 Å². The van der Waals surface area contributed by atoms with E-state index in [0.29, 0.717) is 16.9 Å². The van der Waals surface area contributed by atoms with Gasteiger partial charge in [0, 0.05) is 4.47 Å². The molecule has 0 saturated carbocycles. The van der Waals surface area contributed by atoms with E-state index in [1.165, 1.54) is 24.3 Å². The molecule has 1 aliphatic carbocycles. The molecule has 0 bridgehead atoms. The lowest BCUT2D eigenvalue weighted by atomic mass is 9.99. The number of carbonyl (C=O) groups is 1. The molecule has 0 saturated heterocycles. The second-order valence-electron chi connectivity index (χ2n) is 4.48. The smallest absolute Gasteiger partial charge is 0.290 e. The van der Waals surface area contributed by atoms with Crippen LogP contribution in [0.3, 0.4) is 0 Å². The van der Waals surface area contributed by atoms with Crippen molar-refractivity contribution >= 4 is 37.5 Å². The molecule has 0 N–H and O–H groups in total. The van der Waals surface area contributed by atoms with Crippen molar-refractivity contribution in [2.75, 3.05) is 0 Å². The first kappa shape index (κ1) is 15.7. The molecule has 1 aliphatic rings. The molecule has 2 rings (SSSR count). The molecular weight excluding hydrogens is 358 g/mol. The maximum absolute atomic E-state index is 12.0. The highest BCUT2D eigenvalue weighted by atomic mass is 79.9. The monoisotopic (exact) mass is 369 g/mol. The molecule has 0 heterocycles. The Morgan fingerprint density at radius 2 is 1.67 bits per heavy atom. The minimum absolute atomic E-state index is 0.00395. The molecule has 0 radical (unpaired) electrons. The van der Waals surface area contributed by atoms with Crippen molar-refractivity contribution in [1.82, 2.24) is 0 Å². The first-order valence-electron chi connectivity index (χ1n) is 5.98. The number of benzene rings is 1. The predicted molar refractivity (Wildman–Crippen MR) is 82.4 cm³/mol. The van der Waals surface area contributed by atoms with Crippen molar-refractivity contribution in [3.8, 4) is 0 Å². The number of rotatable bonds is 3. The van der Waals surface area contributed by atoms with Gasteiger partial charge in [-0.25, -0.2) is 0 Å². The zero-order valence-electron chi connectivity index (χ0n) is 11.3. The lowest BCUT2D eigenvalue weighted by Gasteiger charge is -2.09. The topological polar surface area (TPSA) is 72.8 Å². The summed E-state index contributed by atoms with van der Waals surface area (Å²) in [5, 5.41) is 3.64. The maximum Gasteiger partial charge on any atom is 0.358 e. The van der Waals surface area contributed by atoms with Crippen molar-refractivity contribution in [2.45, 2.75) is 18.7 Å². The molecule has 21 heavy (non-hydrogen) atoms. The average molecular weight is 370 g/mol. The molecule has 0 amide bonds. The van der Waals surface area contributed by atoms with E-state index in [2.05, 4.69) is 21.1 Å². The number of ketones is 1. The highest BCUT2D eigenvalue weighted by Gasteiger charge is 2.18. The van der Waals surface area contributed by atoms with E-state index in [0.717, 1.165) is 4.47 Å². The Kier molecular flexibility index (Phi) is 4.43. The Morgan fingerprint density at radius 1 is 1.05 bits per heavy atom. The van der Waals surface area contributed by atoms with Crippen LogP contribution in [-0.4, -0.2) is 19.9 Å². The van der Waals surface area contributed by atoms with Gasteiger partial charge in [0.15, 0.2) is 5.78 Å². The van der Waals surface area contributed by atoms with Gasteiger partial charge in [0.2, 0.25) is 0 Å². The highest BCUT2D eigenvalue weighted by molar-refractivity contribution is 9.10. The second-order valence-corrected chi connectivity index (χ2v) is 6.92. The van der Waals surface area contributed by atoms with Crippen LogP contribution in [0.5, 0.6) is 0 Å². The Morgan fingerprint density at radius 3 is 2.29 bits per heavy atom. The summed E-state index contributed by atoms with van der Waals surface area (Å²) in [7, 11) is -3.98. The van der Waals surface area contributed by atoms with Crippen molar-refractivity contribution in [3.63, 3.8) is 0 Å². The molecule has 0 unspecified atom stereocenters. The van der Waals surface area contributed by atoms with Crippen LogP contribution in [0.1, 0.15) is 13.8 Å². The van der Waals surface area contributed by atoms with Gasteiger partial charge in [0.1, 0.15) is 10.6 Å². The third-order valence-corrected chi connectivity index (χ3v) is 4.48. The fraction of sp³-hybridized carbons (Fsp3) is 0.143. The van der Waals surface area contributed by atoms with Gasteiger partial charge < -0.3 is 0 Å². The minimum Gasteiger partial charge on any atom is -0.290 e. The molecule has 0 aromatic heterocycles. The summed E-state index contributed by atoms with van der Waals surface area (Å²) in [5.41, 5.74) is 1.34. The lowest BCUT2D eigenvalue weighted by Crippen LogP contribution is -2.12. The number of halogens is 1. The molecule has 110 valence electrons. The first-order chi connectivity index (χ1) is 9.79. The number of hydrogen-bond acceptors (Lipinski definition) is 5. The van der Waals surface area contributed by atoms with Crippen molar-refractivity contribution in [3.05, 3.63) is 52.0 Å². The first-order valence-corrected chi connectivity index (χ1v) is 8.18. The quantitative estimate of drug-likeness (QED) is 0.606. The number of hydrogen-bond donors (Lipinski definition) is 0. The SMILES string of the molecule is CC1=C/C(=N/OS(=O)(=O)c2ccc(Br)cc2)C(C)=CC1=O. The third-order valence-electron chi connectivity index (χ3n) is 2.83.